The lowest BCUT2D eigenvalue weighted by atomic mass is 10.1. The lowest BCUT2D eigenvalue weighted by Crippen LogP contribution is -2.35. The first kappa shape index (κ1) is 10.3. The zero-order valence-electron chi connectivity index (χ0n) is 9.29. The molecule has 3 heteroatoms. The second-order valence-corrected chi connectivity index (χ2v) is 4.18. The number of piperidine rings is 1. The first-order valence-corrected chi connectivity index (χ1v) is 5.64. The molecule has 1 aliphatic rings. The molecule has 0 aromatic heterocycles. The van der Waals surface area contributed by atoms with Gasteiger partial charge in [0, 0.05) is 18.8 Å². The highest BCUT2D eigenvalue weighted by Crippen LogP contribution is 2.21. The predicted molar refractivity (Wildman–Crippen MR) is 64.6 cm³/mol. The molecule has 0 aliphatic carbocycles. The number of benzene rings is 1. The Morgan fingerprint density at radius 3 is 2.67 bits per heavy atom. The Hall–Kier alpha value is -1.22. The van der Waals surface area contributed by atoms with Crippen LogP contribution in [0.15, 0.2) is 18.2 Å². The fourth-order valence-electron chi connectivity index (χ4n) is 1.95. The minimum Gasteiger partial charge on any atom is -0.398 e. The standard InChI is InChI=1S/C12H19N3/c1-10-11(13)6-5-7-12(10)14-15-8-3-2-4-9-15/h5-7,14H,2-4,8-9,13H2,1H3. The molecule has 1 aromatic rings. The summed E-state index contributed by atoms with van der Waals surface area (Å²) in [4.78, 5) is 0. The van der Waals surface area contributed by atoms with Crippen LogP contribution >= 0.6 is 0 Å². The number of nitrogen functional groups attached to an aromatic ring is 1. The van der Waals surface area contributed by atoms with Gasteiger partial charge in [-0.05, 0) is 37.5 Å². The summed E-state index contributed by atoms with van der Waals surface area (Å²) in [5.41, 5.74) is 12.4. The minimum absolute atomic E-state index is 0.858. The van der Waals surface area contributed by atoms with Crippen molar-refractivity contribution in [3.05, 3.63) is 23.8 Å². The summed E-state index contributed by atoms with van der Waals surface area (Å²) in [5.74, 6) is 0. The fraction of sp³-hybridized carbons (Fsp3) is 0.500. The summed E-state index contributed by atoms with van der Waals surface area (Å²) in [6.45, 7) is 4.32. The summed E-state index contributed by atoms with van der Waals surface area (Å²) in [6.07, 6.45) is 3.93. The van der Waals surface area contributed by atoms with Crippen LogP contribution < -0.4 is 11.2 Å². The Balaban J connectivity index is 2.06. The molecule has 0 unspecified atom stereocenters. The molecule has 0 radical (unpaired) electrons. The van der Waals surface area contributed by atoms with Crippen molar-refractivity contribution in [1.29, 1.82) is 0 Å². The molecule has 0 bridgehead atoms. The number of hydrogen-bond acceptors (Lipinski definition) is 3. The number of nitrogens with one attached hydrogen (secondary N) is 1. The van der Waals surface area contributed by atoms with Crippen LogP contribution in [-0.4, -0.2) is 18.1 Å². The zero-order chi connectivity index (χ0) is 10.7. The molecular formula is C12H19N3. The van der Waals surface area contributed by atoms with Crippen molar-refractivity contribution in [2.75, 3.05) is 24.2 Å². The number of hydrazine groups is 1. The Kier molecular flexibility index (Phi) is 3.11. The van der Waals surface area contributed by atoms with Gasteiger partial charge in [0.2, 0.25) is 0 Å². The average Bonchev–Trinajstić information content (AvgIpc) is 2.26. The maximum Gasteiger partial charge on any atom is 0.0539 e. The molecule has 15 heavy (non-hydrogen) atoms. The van der Waals surface area contributed by atoms with Crippen molar-refractivity contribution in [3.8, 4) is 0 Å². The summed E-state index contributed by atoms with van der Waals surface area (Å²) in [7, 11) is 0. The Morgan fingerprint density at radius 2 is 1.93 bits per heavy atom. The number of rotatable bonds is 2. The molecule has 3 nitrogen and oxygen atoms in total. The Morgan fingerprint density at radius 1 is 1.20 bits per heavy atom. The van der Waals surface area contributed by atoms with Gasteiger partial charge in [-0.2, -0.15) is 0 Å². The Labute approximate surface area is 91.2 Å². The van der Waals surface area contributed by atoms with Crippen LogP contribution in [0, 0.1) is 6.92 Å². The lowest BCUT2D eigenvalue weighted by molar-refractivity contribution is 0.273. The molecule has 0 saturated carbocycles. The minimum atomic E-state index is 0.858. The number of nitrogens with two attached hydrogens (primary N) is 1. The smallest absolute Gasteiger partial charge is 0.0539 e. The van der Waals surface area contributed by atoms with Crippen LogP contribution in [0.4, 0.5) is 11.4 Å². The van der Waals surface area contributed by atoms with E-state index in [0.717, 1.165) is 30.0 Å². The molecule has 1 aliphatic heterocycles. The van der Waals surface area contributed by atoms with E-state index in [2.05, 4.69) is 23.4 Å². The van der Waals surface area contributed by atoms with E-state index >= 15 is 0 Å². The van der Waals surface area contributed by atoms with Crippen LogP contribution in [0.25, 0.3) is 0 Å². The average molecular weight is 205 g/mol. The van der Waals surface area contributed by atoms with E-state index in [1.165, 1.54) is 19.3 Å². The molecule has 0 amide bonds. The molecular weight excluding hydrogens is 186 g/mol. The third kappa shape index (κ3) is 2.42. The molecule has 1 heterocycles. The van der Waals surface area contributed by atoms with Crippen molar-refractivity contribution < 1.29 is 0 Å². The van der Waals surface area contributed by atoms with E-state index in [9.17, 15) is 0 Å². The molecule has 0 spiro atoms. The number of nitrogens with zero attached hydrogens (tertiary/aromatic N) is 1. The van der Waals surface area contributed by atoms with E-state index < -0.39 is 0 Å². The third-order valence-corrected chi connectivity index (χ3v) is 3.01. The van der Waals surface area contributed by atoms with Crippen LogP contribution in [0.5, 0.6) is 0 Å². The summed E-state index contributed by atoms with van der Waals surface area (Å²) >= 11 is 0. The molecule has 1 fully saturated rings. The van der Waals surface area contributed by atoms with Gasteiger partial charge in [0.05, 0.1) is 5.69 Å². The highest BCUT2D eigenvalue weighted by Gasteiger charge is 2.10. The molecule has 1 aromatic carbocycles. The third-order valence-electron chi connectivity index (χ3n) is 3.01. The van der Waals surface area contributed by atoms with Gasteiger partial charge in [0.25, 0.3) is 0 Å². The van der Waals surface area contributed by atoms with Gasteiger partial charge >= 0.3 is 0 Å². The van der Waals surface area contributed by atoms with Crippen molar-refractivity contribution in [3.63, 3.8) is 0 Å². The van der Waals surface area contributed by atoms with E-state index in [-0.39, 0.29) is 0 Å². The fourth-order valence-corrected chi connectivity index (χ4v) is 1.95. The Bertz CT molecular complexity index is 330. The second kappa shape index (κ2) is 4.53. The molecule has 2 rings (SSSR count). The maximum atomic E-state index is 5.87. The van der Waals surface area contributed by atoms with E-state index in [1.54, 1.807) is 0 Å². The van der Waals surface area contributed by atoms with Crippen LogP contribution in [-0.2, 0) is 0 Å². The van der Waals surface area contributed by atoms with Gasteiger partial charge in [-0.1, -0.05) is 12.5 Å². The molecule has 1 saturated heterocycles. The topological polar surface area (TPSA) is 41.3 Å². The normalized spacial score (nSPS) is 17.7. The van der Waals surface area contributed by atoms with Crippen LogP contribution in [0.3, 0.4) is 0 Å². The highest BCUT2D eigenvalue weighted by molar-refractivity contribution is 5.62. The zero-order valence-corrected chi connectivity index (χ0v) is 9.29. The summed E-state index contributed by atoms with van der Waals surface area (Å²) in [5, 5.41) is 2.28. The van der Waals surface area contributed by atoms with Crippen LogP contribution in [0.2, 0.25) is 0 Å². The lowest BCUT2D eigenvalue weighted by Gasteiger charge is -2.28. The maximum absolute atomic E-state index is 5.87. The largest absolute Gasteiger partial charge is 0.398 e. The van der Waals surface area contributed by atoms with E-state index in [1.807, 2.05) is 12.1 Å². The predicted octanol–water partition coefficient (Wildman–Crippen LogP) is 2.39. The first-order chi connectivity index (χ1) is 7.27. The monoisotopic (exact) mass is 205 g/mol. The summed E-state index contributed by atoms with van der Waals surface area (Å²) in [6, 6.07) is 6.02. The summed E-state index contributed by atoms with van der Waals surface area (Å²) < 4.78 is 0. The van der Waals surface area contributed by atoms with Gasteiger partial charge < -0.3 is 11.2 Å². The quantitative estimate of drug-likeness (QED) is 0.728. The van der Waals surface area contributed by atoms with E-state index in [0.29, 0.717) is 0 Å². The van der Waals surface area contributed by atoms with Crippen LogP contribution in [0.1, 0.15) is 24.8 Å². The van der Waals surface area contributed by atoms with Gasteiger partial charge in [-0.25, -0.2) is 5.01 Å². The number of hydrogen-bond donors (Lipinski definition) is 2. The van der Waals surface area contributed by atoms with Gasteiger partial charge in [0.1, 0.15) is 0 Å². The number of anilines is 2. The van der Waals surface area contributed by atoms with Gasteiger partial charge in [-0.15, -0.1) is 0 Å². The van der Waals surface area contributed by atoms with Crippen molar-refractivity contribution in [1.82, 2.24) is 5.01 Å². The van der Waals surface area contributed by atoms with Crippen molar-refractivity contribution in [2.24, 2.45) is 0 Å². The molecule has 82 valence electrons. The van der Waals surface area contributed by atoms with Gasteiger partial charge in [0.15, 0.2) is 0 Å². The second-order valence-electron chi connectivity index (χ2n) is 4.18. The van der Waals surface area contributed by atoms with Crippen molar-refractivity contribution in [2.45, 2.75) is 26.2 Å². The van der Waals surface area contributed by atoms with Gasteiger partial charge in [-0.3, -0.25) is 0 Å². The van der Waals surface area contributed by atoms with Crippen molar-refractivity contribution >= 4 is 11.4 Å². The molecule has 0 atom stereocenters. The highest BCUT2D eigenvalue weighted by atomic mass is 15.5. The first-order valence-electron chi connectivity index (χ1n) is 5.64. The molecule has 3 N–H and O–H groups in total. The van der Waals surface area contributed by atoms with E-state index in [4.69, 9.17) is 5.73 Å². The SMILES string of the molecule is Cc1c(N)cccc1NN1CCCCC1.